The molecule has 0 spiro atoms. The molecule has 11 heteroatoms. The lowest BCUT2D eigenvalue weighted by atomic mass is 9.84. The maximum atomic E-state index is 13.7. The van der Waals surface area contributed by atoms with E-state index in [9.17, 15) is 22.8 Å². The van der Waals surface area contributed by atoms with Gasteiger partial charge in [-0.15, -0.1) is 0 Å². The number of hydrogen-bond donors (Lipinski definition) is 2. The molecule has 1 aliphatic rings. The van der Waals surface area contributed by atoms with Crippen LogP contribution in [0, 0.1) is 11.8 Å². The van der Waals surface area contributed by atoms with Crippen molar-refractivity contribution in [1.29, 1.82) is 0 Å². The Morgan fingerprint density at radius 2 is 1.88 bits per heavy atom. The molecule has 205 valence electrons. The normalized spacial score (nSPS) is 15.0. The summed E-state index contributed by atoms with van der Waals surface area (Å²) in [6.45, 7) is 3.41. The highest BCUT2D eigenvalue weighted by Crippen LogP contribution is 2.32. The van der Waals surface area contributed by atoms with Crippen molar-refractivity contribution < 1.29 is 22.8 Å². The van der Waals surface area contributed by atoms with Gasteiger partial charge in [-0.2, -0.15) is 13.2 Å². The van der Waals surface area contributed by atoms with E-state index < -0.39 is 29.3 Å². The summed E-state index contributed by atoms with van der Waals surface area (Å²) >= 11 is 0. The maximum absolute atomic E-state index is 13.7. The third-order valence-electron chi connectivity index (χ3n) is 6.94. The smallest absolute Gasteiger partial charge is 0.369 e. The quantitative estimate of drug-likeness (QED) is 0.243. The largest absolute Gasteiger partial charge is 0.420 e. The molecule has 2 aromatic carbocycles. The third-order valence-corrected chi connectivity index (χ3v) is 6.94. The number of nitrogens with two attached hydrogens (primary N) is 1. The van der Waals surface area contributed by atoms with Gasteiger partial charge in [0.2, 0.25) is 11.9 Å². The summed E-state index contributed by atoms with van der Waals surface area (Å²) in [7, 11) is 1.56. The summed E-state index contributed by atoms with van der Waals surface area (Å²) in [5, 5.41) is 2.96. The van der Waals surface area contributed by atoms with E-state index in [4.69, 9.17) is 5.73 Å². The van der Waals surface area contributed by atoms with Gasteiger partial charge in [0.05, 0.1) is 12.1 Å². The molecule has 1 unspecified atom stereocenters. The second-order valence-corrected chi connectivity index (χ2v) is 9.50. The van der Waals surface area contributed by atoms with Gasteiger partial charge in [-0.1, -0.05) is 43.2 Å². The Balaban J connectivity index is 1.56. The summed E-state index contributed by atoms with van der Waals surface area (Å²) < 4.78 is 41.2. The van der Waals surface area contributed by atoms with Crippen LogP contribution in [0.2, 0.25) is 0 Å². The van der Waals surface area contributed by atoms with Gasteiger partial charge in [-0.05, 0) is 73.5 Å². The molecule has 2 heterocycles. The van der Waals surface area contributed by atoms with Crippen LogP contribution in [0.3, 0.4) is 0 Å². The molecule has 1 aromatic heterocycles. The van der Waals surface area contributed by atoms with Gasteiger partial charge in [0.15, 0.2) is 0 Å². The molecule has 7 nitrogen and oxygen atoms in total. The standard InChI is InChI=1S/C29H28BF3N5O2/c1-2-23(27(34)40)24-6-4-3-5-21(24)9-12-26-25(29(31,32)33)17-35-28(37-26)36-22-10-7-19(8-11-22)20-13-15-38(16-14-20)30-18-39/h3-8,10-11,17-18,20,23H,2,13-16H2,1H3,(H2,34,40)(H,35,36,37). The van der Waals surface area contributed by atoms with Crippen LogP contribution in [0.5, 0.6) is 0 Å². The highest BCUT2D eigenvalue weighted by molar-refractivity contribution is 6.64. The van der Waals surface area contributed by atoms with Gasteiger partial charge in [0, 0.05) is 17.4 Å². The fourth-order valence-corrected chi connectivity index (χ4v) is 4.80. The van der Waals surface area contributed by atoms with Gasteiger partial charge in [-0.3, -0.25) is 4.79 Å². The third kappa shape index (κ3) is 7.07. The first kappa shape index (κ1) is 28.8. The lowest BCUT2D eigenvalue weighted by molar-refractivity contribution is -0.138. The number of piperidine rings is 1. The van der Waals surface area contributed by atoms with Crippen molar-refractivity contribution in [2.24, 2.45) is 5.73 Å². The molecule has 3 N–H and O–H groups in total. The number of hydrogen-bond acceptors (Lipinski definition) is 6. The number of benzene rings is 2. The number of alkyl halides is 3. The number of carbonyl (C=O) groups is 2. The van der Waals surface area contributed by atoms with Crippen molar-refractivity contribution >= 4 is 31.1 Å². The van der Waals surface area contributed by atoms with E-state index in [0.717, 1.165) is 37.7 Å². The van der Waals surface area contributed by atoms with Crippen molar-refractivity contribution in [3.05, 3.63) is 82.7 Å². The van der Waals surface area contributed by atoms with Crippen molar-refractivity contribution in [2.45, 2.75) is 44.2 Å². The number of aromatic nitrogens is 2. The zero-order valence-electron chi connectivity index (χ0n) is 21.9. The first-order valence-corrected chi connectivity index (χ1v) is 12.9. The number of carbonyl (C=O) groups excluding carboxylic acids is 2. The van der Waals surface area contributed by atoms with E-state index in [1.165, 1.54) is 0 Å². The second-order valence-electron chi connectivity index (χ2n) is 9.50. The van der Waals surface area contributed by atoms with Crippen molar-refractivity contribution in [3.8, 4) is 11.8 Å². The summed E-state index contributed by atoms with van der Waals surface area (Å²) in [4.78, 5) is 32.5. The van der Waals surface area contributed by atoms with Crippen LogP contribution in [0.4, 0.5) is 24.8 Å². The number of halogens is 3. The molecule has 1 saturated heterocycles. The SMILES string of the molecule is CCC(C(N)=O)c1ccccc1C#Cc1nc(Nc2ccc(C3CCN([B]C=O)CC3)cc2)ncc1C(F)(F)F. The molecular weight excluding hydrogens is 518 g/mol. The zero-order valence-corrected chi connectivity index (χ0v) is 21.9. The monoisotopic (exact) mass is 546 g/mol. The number of amides is 1. The van der Waals surface area contributed by atoms with Crippen molar-refractivity contribution in [2.75, 3.05) is 18.4 Å². The van der Waals surface area contributed by atoms with Crippen LogP contribution >= 0.6 is 0 Å². The van der Waals surface area contributed by atoms with Gasteiger partial charge in [0.25, 0.3) is 7.41 Å². The summed E-state index contributed by atoms with van der Waals surface area (Å²) in [5.41, 5.74) is 6.70. The number of nitrogens with one attached hydrogen (secondary N) is 1. The average Bonchev–Trinajstić information content (AvgIpc) is 2.93. The van der Waals surface area contributed by atoms with E-state index >= 15 is 0 Å². The number of nitrogens with zero attached hydrogens (tertiary/aromatic N) is 3. The van der Waals surface area contributed by atoms with Gasteiger partial charge < -0.3 is 20.7 Å². The van der Waals surface area contributed by atoms with E-state index in [1.807, 2.05) is 29.1 Å². The van der Waals surface area contributed by atoms with E-state index in [0.29, 0.717) is 35.3 Å². The van der Waals surface area contributed by atoms with Gasteiger partial charge in [0.1, 0.15) is 11.3 Å². The average molecular weight is 546 g/mol. The Morgan fingerprint density at radius 3 is 2.50 bits per heavy atom. The van der Waals surface area contributed by atoms with Crippen LogP contribution in [-0.2, 0) is 15.8 Å². The highest BCUT2D eigenvalue weighted by Gasteiger charge is 2.35. The molecule has 1 radical (unpaired) electrons. The van der Waals surface area contributed by atoms with E-state index in [1.54, 1.807) is 38.6 Å². The minimum atomic E-state index is -4.71. The van der Waals surface area contributed by atoms with Crippen molar-refractivity contribution in [3.63, 3.8) is 0 Å². The number of anilines is 2. The minimum Gasteiger partial charge on any atom is -0.369 e. The van der Waals surface area contributed by atoms with Gasteiger partial charge >= 0.3 is 6.18 Å². The second kappa shape index (κ2) is 12.8. The first-order valence-electron chi connectivity index (χ1n) is 12.9. The molecule has 1 fully saturated rings. The molecule has 40 heavy (non-hydrogen) atoms. The molecule has 4 rings (SSSR count). The topological polar surface area (TPSA) is 101 Å². The summed E-state index contributed by atoms with van der Waals surface area (Å²) in [6.07, 6.45) is -0.929. The Kier molecular flexibility index (Phi) is 9.22. The van der Waals surface area contributed by atoms with Crippen LogP contribution in [0.25, 0.3) is 0 Å². The van der Waals surface area contributed by atoms with Crippen LogP contribution in [0.15, 0.2) is 54.7 Å². The van der Waals surface area contributed by atoms with E-state index in [2.05, 4.69) is 27.1 Å². The van der Waals surface area contributed by atoms with Crippen LogP contribution in [0.1, 0.15) is 66.0 Å². The van der Waals surface area contributed by atoms with Crippen LogP contribution < -0.4 is 11.1 Å². The molecule has 0 bridgehead atoms. The lowest BCUT2D eigenvalue weighted by Crippen LogP contribution is -2.36. The van der Waals surface area contributed by atoms with Crippen molar-refractivity contribution in [1.82, 2.24) is 14.8 Å². The predicted octanol–water partition coefficient (Wildman–Crippen LogP) is 4.61. The fourth-order valence-electron chi connectivity index (χ4n) is 4.80. The highest BCUT2D eigenvalue weighted by atomic mass is 19.4. The maximum Gasteiger partial charge on any atom is 0.420 e. The molecule has 0 aliphatic carbocycles. The zero-order chi connectivity index (χ0) is 28.7. The summed E-state index contributed by atoms with van der Waals surface area (Å²) in [5.74, 6) is 4.49. The van der Waals surface area contributed by atoms with Crippen LogP contribution in [-0.4, -0.2) is 47.4 Å². The first-order chi connectivity index (χ1) is 19.2. The lowest BCUT2D eigenvalue weighted by Gasteiger charge is -2.30. The molecule has 1 atom stereocenters. The summed E-state index contributed by atoms with van der Waals surface area (Å²) in [6, 6.07) is 14.3. The van der Waals surface area contributed by atoms with E-state index in [-0.39, 0.29) is 5.95 Å². The molecule has 0 saturated carbocycles. The Morgan fingerprint density at radius 1 is 1.18 bits per heavy atom. The molecule has 1 amide bonds. The molecule has 3 aromatic rings. The molecular formula is C29H28BF3N5O2. The van der Waals surface area contributed by atoms with Gasteiger partial charge in [-0.25, -0.2) is 9.97 Å². The molecule has 1 aliphatic heterocycles. The Bertz CT molecular complexity index is 1410. The fraction of sp³-hybridized carbons (Fsp3) is 0.310. The number of primary amides is 1. The Hall–Kier alpha value is -4.17. The predicted molar refractivity (Wildman–Crippen MR) is 147 cm³/mol. The Labute approximate surface area is 231 Å². The minimum absolute atomic E-state index is 0.0281. The number of rotatable bonds is 8.